The number of nitrogens with zero attached hydrogens (tertiary/aromatic N) is 1. The van der Waals surface area contributed by atoms with Crippen molar-refractivity contribution in [2.45, 2.75) is 0 Å². The van der Waals surface area contributed by atoms with Crippen LogP contribution in [0.5, 0.6) is 0 Å². The zero-order valence-electron chi connectivity index (χ0n) is 10.6. The number of carbonyl (C=O) groups excluding carboxylic acids is 1. The largest absolute Gasteiger partial charge is 0.465 e. The first kappa shape index (κ1) is 14.4. The van der Waals surface area contributed by atoms with E-state index in [1.165, 1.54) is 19.2 Å². The maximum absolute atomic E-state index is 13.4. The Bertz CT molecular complexity index is 671. The Balaban J connectivity index is 2.29. The molecule has 0 aromatic heterocycles. The summed E-state index contributed by atoms with van der Waals surface area (Å²) in [6.07, 6.45) is 1.60. The average molecular weight is 336 g/mol. The minimum absolute atomic E-state index is 0.133. The number of halogens is 2. The van der Waals surface area contributed by atoms with Gasteiger partial charge < -0.3 is 4.74 Å². The molecule has 0 heterocycles. The maximum Gasteiger partial charge on any atom is 0.338 e. The Morgan fingerprint density at radius 2 is 2.10 bits per heavy atom. The third-order valence-corrected chi connectivity index (χ3v) is 3.01. The van der Waals surface area contributed by atoms with E-state index >= 15 is 0 Å². The van der Waals surface area contributed by atoms with Gasteiger partial charge in [-0.1, -0.05) is 28.1 Å². The molecule has 0 bridgehead atoms. The smallest absolute Gasteiger partial charge is 0.338 e. The molecule has 0 amide bonds. The lowest BCUT2D eigenvalue weighted by molar-refractivity contribution is 0.0600. The standard InChI is InChI=1S/C15H11BrFNO2/c1-20-15(19)11-6-13(17)8-14(7-11)18-9-10-3-2-4-12(16)5-10/h2-9H,1H3/b18-9+. The van der Waals surface area contributed by atoms with Gasteiger partial charge in [-0.2, -0.15) is 0 Å². The quantitative estimate of drug-likeness (QED) is 0.625. The summed E-state index contributed by atoms with van der Waals surface area (Å²) in [7, 11) is 1.25. The van der Waals surface area contributed by atoms with E-state index in [0.29, 0.717) is 5.69 Å². The topological polar surface area (TPSA) is 38.7 Å². The van der Waals surface area contributed by atoms with Gasteiger partial charge in [0.2, 0.25) is 0 Å². The van der Waals surface area contributed by atoms with Crippen molar-refractivity contribution >= 4 is 33.8 Å². The minimum atomic E-state index is -0.594. The number of methoxy groups -OCH3 is 1. The lowest BCUT2D eigenvalue weighted by Gasteiger charge is -2.01. The van der Waals surface area contributed by atoms with Crippen LogP contribution in [0, 0.1) is 5.82 Å². The van der Waals surface area contributed by atoms with Crippen LogP contribution in [0.25, 0.3) is 0 Å². The number of esters is 1. The molecule has 2 rings (SSSR count). The lowest BCUT2D eigenvalue weighted by Crippen LogP contribution is -2.01. The summed E-state index contributed by atoms with van der Waals surface area (Å²) in [5.74, 6) is -1.13. The molecule has 0 aliphatic rings. The van der Waals surface area contributed by atoms with Crippen LogP contribution in [0.15, 0.2) is 51.9 Å². The molecule has 0 unspecified atom stereocenters. The molecule has 0 aliphatic carbocycles. The summed E-state index contributed by atoms with van der Waals surface area (Å²) >= 11 is 3.36. The number of ether oxygens (including phenoxy) is 1. The van der Waals surface area contributed by atoms with Crippen LogP contribution in [-0.2, 0) is 4.74 Å². The average Bonchev–Trinajstić information content (AvgIpc) is 2.44. The lowest BCUT2D eigenvalue weighted by atomic mass is 10.2. The summed E-state index contributed by atoms with van der Waals surface area (Å²) in [6.45, 7) is 0. The second-order valence-electron chi connectivity index (χ2n) is 4.00. The molecule has 102 valence electrons. The van der Waals surface area contributed by atoms with Gasteiger partial charge in [0.15, 0.2) is 0 Å². The van der Waals surface area contributed by atoms with Gasteiger partial charge in [-0.3, -0.25) is 4.99 Å². The van der Waals surface area contributed by atoms with Crippen molar-refractivity contribution in [3.63, 3.8) is 0 Å². The van der Waals surface area contributed by atoms with Crippen molar-refractivity contribution < 1.29 is 13.9 Å². The number of carbonyl (C=O) groups is 1. The minimum Gasteiger partial charge on any atom is -0.465 e. The van der Waals surface area contributed by atoms with Crippen LogP contribution in [0.2, 0.25) is 0 Å². The second-order valence-corrected chi connectivity index (χ2v) is 4.92. The van der Waals surface area contributed by atoms with Gasteiger partial charge in [0.25, 0.3) is 0 Å². The molecule has 0 atom stereocenters. The third-order valence-electron chi connectivity index (χ3n) is 2.52. The Labute approximate surface area is 124 Å². The molecule has 0 aliphatic heterocycles. The number of aliphatic imine (C=N–C) groups is 1. The van der Waals surface area contributed by atoms with Crippen molar-refractivity contribution in [3.05, 3.63) is 63.9 Å². The summed E-state index contributed by atoms with van der Waals surface area (Å²) < 4.78 is 18.9. The van der Waals surface area contributed by atoms with Crippen LogP contribution >= 0.6 is 15.9 Å². The predicted octanol–water partition coefficient (Wildman–Crippen LogP) is 4.13. The molecule has 5 heteroatoms. The Kier molecular flexibility index (Phi) is 4.63. The van der Waals surface area contributed by atoms with E-state index in [1.54, 1.807) is 6.21 Å². The fourth-order valence-corrected chi connectivity index (χ4v) is 2.04. The van der Waals surface area contributed by atoms with E-state index in [2.05, 4.69) is 25.7 Å². The first-order valence-electron chi connectivity index (χ1n) is 5.77. The summed E-state index contributed by atoms with van der Waals surface area (Å²) in [6, 6.07) is 11.4. The molecule has 0 N–H and O–H groups in total. The molecule has 0 fully saturated rings. The molecule has 2 aromatic carbocycles. The molecule has 0 radical (unpaired) electrons. The van der Waals surface area contributed by atoms with Gasteiger partial charge in [-0.15, -0.1) is 0 Å². The van der Waals surface area contributed by atoms with Crippen LogP contribution in [0.3, 0.4) is 0 Å². The second kappa shape index (κ2) is 6.43. The molecule has 2 aromatic rings. The van der Waals surface area contributed by atoms with Gasteiger partial charge in [0.1, 0.15) is 5.82 Å². The highest BCUT2D eigenvalue weighted by molar-refractivity contribution is 9.10. The van der Waals surface area contributed by atoms with Gasteiger partial charge in [-0.05, 0) is 35.9 Å². The van der Waals surface area contributed by atoms with E-state index in [-0.39, 0.29) is 5.56 Å². The van der Waals surface area contributed by atoms with Crippen molar-refractivity contribution in [1.29, 1.82) is 0 Å². The normalized spacial score (nSPS) is 10.8. The molecule has 3 nitrogen and oxygen atoms in total. The zero-order chi connectivity index (χ0) is 14.5. The molecule has 0 spiro atoms. The number of rotatable bonds is 3. The Hall–Kier alpha value is -2.01. The highest BCUT2D eigenvalue weighted by Gasteiger charge is 2.08. The molecule has 0 saturated heterocycles. The molecule has 0 saturated carbocycles. The fraction of sp³-hybridized carbons (Fsp3) is 0.0667. The predicted molar refractivity (Wildman–Crippen MR) is 79.1 cm³/mol. The fourth-order valence-electron chi connectivity index (χ4n) is 1.62. The van der Waals surface area contributed by atoms with Gasteiger partial charge in [-0.25, -0.2) is 9.18 Å². The number of hydrogen-bond acceptors (Lipinski definition) is 3. The molecule has 20 heavy (non-hydrogen) atoms. The summed E-state index contributed by atoms with van der Waals surface area (Å²) in [4.78, 5) is 15.6. The maximum atomic E-state index is 13.4. The summed E-state index contributed by atoms with van der Waals surface area (Å²) in [5, 5.41) is 0. The van der Waals surface area contributed by atoms with Gasteiger partial charge in [0, 0.05) is 10.7 Å². The molecular formula is C15H11BrFNO2. The van der Waals surface area contributed by atoms with Crippen molar-refractivity contribution in [3.8, 4) is 0 Å². The highest BCUT2D eigenvalue weighted by atomic mass is 79.9. The van der Waals surface area contributed by atoms with Crippen molar-refractivity contribution in [1.82, 2.24) is 0 Å². The van der Waals surface area contributed by atoms with Crippen LogP contribution in [0.1, 0.15) is 15.9 Å². The number of benzene rings is 2. The van der Waals surface area contributed by atoms with Crippen LogP contribution in [0.4, 0.5) is 10.1 Å². The Morgan fingerprint density at radius 3 is 2.80 bits per heavy atom. The van der Waals surface area contributed by atoms with E-state index in [9.17, 15) is 9.18 Å². The Morgan fingerprint density at radius 1 is 1.30 bits per heavy atom. The third kappa shape index (κ3) is 3.74. The van der Waals surface area contributed by atoms with Gasteiger partial charge in [0.05, 0.1) is 18.4 Å². The van der Waals surface area contributed by atoms with Crippen molar-refractivity contribution in [2.75, 3.05) is 7.11 Å². The highest BCUT2D eigenvalue weighted by Crippen LogP contribution is 2.18. The van der Waals surface area contributed by atoms with Crippen LogP contribution in [-0.4, -0.2) is 19.3 Å². The molecular weight excluding hydrogens is 325 g/mol. The summed E-state index contributed by atoms with van der Waals surface area (Å²) in [5.41, 5.74) is 1.35. The van der Waals surface area contributed by atoms with Gasteiger partial charge >= 0.3 is 5.97 Å². The zero-order valence-corrected chi connectivity index (χ0v) is 12.2. The monoisotopic (exact) mass is 335 g/mol. The first-order valence-corrected chi connectivity index (χ1v) is 6.56. The SMILES string of the molecule is COC(=O)c1cc(F)cc(/N=C/c2cccc(Br)c2)c1. The van der Waals surface area contributed by atoms with E-state index in [4.69, 9.17) is 0 Å². The van der Waals surface area contributed by atoms with E-state index in [1.807, 2.05) is 24.3 Å². The van der Waals surface area contributed by atoms with Crippen LogP contribution < -0.4 is 0 Å². The number of hydrogen-bond donors (Lipinski definition) is 0. The first-order chi connectivity index (χ1) is 9.58. The van der Waals surface area contributed by atoms with E-state index in [0.717, 1.165) is 16.1 Å². The van der Waals surface area contributed by atoms with Crippen molar-refractivity contribution in [2.24, 2.45) is 4.99 Å². The van der Waals surface area contributed by atoms with E-state index < -0.39 is 11.8 Å².